The Kier molecular flexibility index (Phi) is 11.1. The molecule has 6 nitrogen and oxygen atoms in total. The fourth-order valence-corrected chi connectivity index (χ4v) is 5.03. The van der Waals surface area contributed by atoms with Gasteiger partial charge in [-0.1, -0.05) is 0 Å². The van der Waals surface area contributed by atoms with Gasteiger partial charge in [-0.15, -0.1) is 0 Å². The van der Waals surface area contributed by atoms with Gasteiger partial charge in [0.25, 0.3) is 0 Å². The van der Waals surface area contributed by atoms with Crippen molar-refractivity contribution in [1.29, 1.82) is 0 Å². The van der Waals surface area contributed by atoms with E-state index < -0.39 is 0 Å². The van der Waals surface area contributed by atoms with Gasteiger partial charge in [-0.3, -0.25) is 9.59 Å². The molecule has 2 saturated heterocycles. The van der Waals surface area contributed by atoms with Crippen molar-refractivity contribution in [2.45, 2.75) is 77.0 Å². The number of unbranched alkanes of at least 4 members (excludes halogenated alkanes) is 1. The maximum Gasteiger partial charge on any atom is 0.220 e. The van der Waals surface area contributed by atoms with Crippen LogP contribution in [0.4, 0.5) is 0 Å². The standard InChI is InChI=1S/C24H46N4O2/c1-27(17-9-3-4-10-18-27)21-15-25-23(29)13-7-8-14-24(30)26-16-22-28(2)19-11-5-6-12-20-28/h3-22H2,1-2H3/p+2. The first kappa shape index (κ1) is 25.1. The number of carbonyl (C=O) groups is 2. The van der Waals surface area contributed by atoms with Crippen LogP contribution in [0.25, 0.3) is 0 Å². The molecule has 6 heteroatoms. The largest absolute Gasteiger partial charge is 0.350 e. The van der Waals surface area contributed by atoms with Gasteiger partial charge in [0.05, 0.1) is 66.5 Å². The van der Waals surface area contributed by atoms with Crippen LogP contribution in [0.3, 0.4) is 0 Å². The van der Waals surface area contributed by atoms with E-state index in [9.17, 15) is 9.59 Å². The number of nitrogens with one attached hydrogen (secondary N) is 2. The normalized spacial score (nSPS) is 21.3. The number of likely N-dealkylation sites (tertiary alicyclic amines) is 2. The number of nitrogens with zero attached hydrogens (tertiary/aromatic N) is 2. The van der Waals surface area contributed by atoms with E-state index in [4.69, 9.17) is 0 Å². The fraction of sp³-hybridized carbons (Fsp3) is 0.917. The van der Waals surface area contributed by atoms with Gasteiger partial charge >= 0.3 is 0 Å². The van der Waals surface area contributed by atoms with Crippen LogP contribution in [-0.4, -0.2) is 87.2 Å². The molecule has 0 unspecified atom stereocenters. The van der Waals surface area contributed by atoms with E-state index in [0.29, 0.717) is 12.8 Å². The number of quaternary nitrogens is 2. The van der Waals surface area contributed by atoms with Crippen molar-refractivity contribution in [3.8, 4) is 0 Å². The van der Waals surface area contributed by atoms with Gasteiger partial charge in [-0.25, -0.2) is 0 Å². The average molecular weight is 425 g/mol. The molecule has 2 heterocycles. The molecule has 0 atom stereocenters. The van der Waals surface area contributed by atoms with Crippen molar-refractivity contribution in [2.24, 2.45) is 0 Å². The minimum absolute atomic E-state index is 0.135. The third kappa shape index (κ3) is 10.3. The van der Waals surface area contributed by atoms with E-state index in [1.807, 2.05) is 0 Å². The van der Waals surface area contributed by atoms with Crippen LogP contribution < -0.4 is 10.6 Å². The van der Waals surface area contributed by atoms with E-state index in [2.05, 4.69) is 24.7 Å². The molecule has 0 bridgehead atoms. The molecule has 2 amide bonds. The second kappa shape index (κ2) is 13.3. The first-order valence-corrected chi connectivity index (χ1v) is 12.6. The predicted molar refractivity (Wildman–Crippen MR) is 123 cm³/mol. The Morgan fingerprint density at radius 3 is 1.27 bits per heavy atom. The Morgan fingerprint density at radius 1 is 0.600 bits per heavy atom. The number of carbonyl (C=O) groups excluding carboxylic acids is 2. The van der Waals surface area contributed by atoms with Crippen LogP contribution in [-0.2, 0) is 9.59 Å². The number of hydrogen-bond acceptors (Lipinski definition) is 2. The zero-order chi connectivity index (χ0) is 21.7. The summed E-state index contributed by atoms with van der Waals surface area (Å²) >= 11 is 0. The monoisotopic (exact) mass is 424 g/mol. The lowest BCUT2D eigenvalue weighted by Gasteiger charge is -2.33. The summed E-state index contributed by atoms with van der Waals surface area (Å²) in [6, 6.07) is 0. The number of rotatable bonds is 11. The molecule has 0 aromatic heterocycles. The summed E-state index contributed by atoms with van der Waals surface area (Å²) < 4.78 is 2.19. The lowest BCUT2D eigenvalue weighted by Crippen LogP contribution is -2.49. The molecule has 30 heavy (non-hydrogen) atoms. The Morgan fingerprint density at radius 2 is 0.933 bits per heavy atom. The van der Waals surface area contributed by atoms with Crippen molar-refractivity contribution in [2.75, 3.05) is 66.5 Å². The summed E-state index contributed by atoms with van der Waals surface area (Å²) in [5.41, 5.74) is 0. The maximum absolute atomic E-state index is 12.1. The van der Waals surface area contributed by atoms with E-state index in [-0.39, 0.29) is 11.8 Å². The molecule has 0 aromatic rings. The Labute approximate surface area is 184 Å². The number of amides is 2. The highest BCUT2D eigenvalue weighted by atomic mass is 16.2. The summed E-state index contributed by atoms with van der Waals surface area (Å²) in [5.74, 6) is 0.269. The highest BCUT2D eigenvalue weighted by Crippen LogP contribution is 2.16. The van der Waals surface area contributed by atoms with Crippen LogP contribution in [0.1, 0.15) is 77.0 Å². The van der Waals surface area contributed by atoms with Gasteiger partial charge in [0.1, 0.15) is 0 Å². The maximum atomic E-state index is 12.1. The van der Waals surface area contributed by atoms with Crippen molar-refractivity contribution in [3.05, 3.63) is 0 Å². The third-order valence-electron chi connectivity index (χ3n) is 7.30. The molecule has 0 saturated carbocycles. The molecule has 2 aliphatic rings. The summed E-state index contributed by atoms with van der Waals surface area (Å²) in [4.78, 5) is 24.2. The van der Waals surface area contributed by atoms with Gasteiger partial charge in [0, 0.05) is 12.8 Å². The summed E-state index contributed by atoms with van der Waals surface area (Å²) in [6.45, 7) is 8.56. The topological polar surface area (TPSA) is 58.2 Å². The molecule has 2 fully saturated rings. The fourth-order valence-electron chi connectivity index (χ4n) is 5.03. The lowest BCUT2D eigenvalue weighted by atomic mass is 10.2. The van der Waals surface area contributed by atoms with Crippen molar-refractivity contribution >= 4 is 11.8 Å². The molecule has 174 valence electrons. The molecule has 0 aromatic carbocycles. The molecule has 0 spiro atoms. The highest BCUT2D eigenvalue weighted by molar-refractivity contribution is 5.77. The van der Waals surface area contributed by atoms with Crippen LogP contribution in [0, 0.1) is 0 Å². The smallest absolute Gasteiger partial charge is 0.220 e. The van der Waals surface area contributed by atoms with E-state index in [0.717, 1.165) is 48.0 Å². The first-order chi connectivity index (χ1) is 14.4. The Hall–Kier alpha value is -1.14. The van der Waals surface area contributed by atoms with Crippen LogP contribution >= 0.6 is 0 Å². The predicted octanol–water partition coefficient (Wildman–Crippen LogP) is 2.82. The number of likely N-dealkylation sites (N-methyl/N-ethyl adjacent to an activating group) is 2. The minimum atomic E-state index is 0.135. The van der Waals surface area contributed by atoms with Crippen molar-refractivity contribution in [1.82, 2.24) is 10.6 Å². The van der Waals surface area contributed by atoms with Crippen LogP contribution in [0.2, 0.25) is 0 Å². The van der Waals surface area contributed by atoms with Gasteiger partial charge < -0.3 is 19.6 Å². The quantitative estimate of drug-likeness (QED) is 0.396. The third-order valence-corrected chi connectivity index (χ3v) is 7.30. The molecular formula is C24H48N4O2+2. The second-order valence-electron chi connectivity index (χ2n) is 10.3. The summed E-state index contributed by atoms with van der Waals surface area (Å²) in [6.07, 6.45) is 13.3. The molecule has 2 rings (SSSR count). The lowest BCUT2D eigenvalue weighted by molar-refractivity contribution is -0.907. The van der Waals surface area contributed by atoms with Gasteiger partial charge in [0.15, 0.2) is 0 Å². The number of hydrogen-bond donors (Lipinski definition) is 2. The Bertz CT molecular complexity index is 461. The highest BCUT2D eigenvalue weighted by Gasteiger charge is 2.24. The van der Waals surface area contributed by atoms with Crippen molar-refractivity contribution in [3.63, 3.8) is 0 Å². The molecule has 0 aliphatic carbocycles. The van der Waals surface area contributed by atoms with Gasteiger partial charge in [-0.2, -0.15) is 0 Å². The molecule has 2 N–H and O–H groups in total. The molecular weight excluding hydrogens is 376 g/mol. The van der Waals surface area contributed by atoms with E-state index in [1.54, 1.807) is 0 Å². The second-order valence-corrected chi connectivity index (χ2v) is 10.3. The van der Waals surface area contributed by atoms with Crippen molar-refractivity contribution < 1.29 is 18.6 Å². The van der Waals surface area contributed by atoms with Crippen LogP contribution in [0.15, 0.2) is 0 Å². The average Bonchev–Trinajstić information content (AvgIpc) is 3.05. The van der Waals surface area contributed by atoms with Crippen LogP contribution in [0.5, 0.6) is 0 Å². The zero-order valence-electron chi connectivity index (χ0n) is 19.9. The van der Waals surface area contributed by atoms with E-state index in [1.165, 1.54) is 77.5 Å². The summed E-state index contributed by atoms with van der Waals surface area (Å²) in [5, 5.41) is 6.17. The van der Waals surface area contributed by atoms with E-state index >= 15 is 0 Å². The zero-order valence-corrected chi connectivity index (χ0v) is 19.9. The van der Waals surface area contributed by atoms with Gasteiger partial charge in [0.2, 0.25) is 11.8 Å². The SMILES string of the molecule is C[N+]1(CCNC(=O)CCCCC(=O)NCC[N+]2(C)CCCCCC2)CCCCCC1. The summed E-state index contributed by atoms with van der Waals surface area (Å²) in [7, 11) is 4.65. The molecule has 2 aliphatic heterocycles. The first-order valence-electron chi connectivity index (χ1n) is 12.6. The molecule has 0 radical (unpaired) electrons. The minimum Gasteiger partial charge on any atom is -0.350 e. The Balaban J connectivity index is 1.47. The van der Waals surface area contributed by atoms with Gasteiger partial charge in [-0.05, 0) is 64.2 Å².